The first-order chi connectivity index (χ1) is 13.0. The summed E-state index contributed by atoms with van der Waals surface area (Å²) >= 11 is 2.71. The fraction of sp³-hybridized carbons (Fsp3) is 0.263. The fourth-order valence-electron chi connectivity index (χ4n) is 3.25. The molecule has 0 saturated carbocycles. The lowest BCUT2D eigenvalue weighted by molar-refractivity contribution is -0.117. The molecule has 2 amide bonds. The van der Waals surface area contributed by atoms with Crippen LogP contribution in [0.3, 0.4) is 0 Å². The Labute approximate surface area is 164 Å². The first kappa shape index (κ1) is 17.8. The molecule has 3 aromatic rings. The molecule has 6 nitrogen and oxygen atoms in total. The highest BCUT2D eigenvalue weighted by molar-refractivity contribution is 7.15. The number of hydrogen-bond acceptors (Lipinski definition) is 6. The van der Waals surface area contributed by atoms with Gasteiger partial charge >= 0.3 is 0 Å². The van der Waals surface area contributed by atoms with E-state index < -0.39 is 0 Å². The number of amides is 2. The standard InChI is InChI=1S/C19H18N4O2S2/c1-11-6-12(2)8-14(7-11)23-10-13(9-16(23)24)18-21-22-19(27-18)20-17(25)15-4-3-5-26-15/h3-8,13H,9-10H2,1-2H3,(H,20,22,25). The van der Waals surface area contributed by atoms with Crippen LogP contribution >= 0.6 is 22.7 Å². The quantitative estimate of drug-likeness (QED) is 0.721. The molecule has 0 bridgehead atoms. The summed E-state index contributed by atoms with van der Waals surface area (Å²) in [6, 6.07) is 9.74. The molecule has 0 radical (unpaired) electrons. The van der Waals surface area contributed by atoms with Crippen molar-refractivity contribution in [1.82, 2.24) is 10.2 Å². The molecule has 1 saturated heterocycles. The van der Waals surface area contributed by atoms with Gasteiger partial charge in [0.25, 0.3) is 5.91 Å². The third kappa shape index (κ3) is 3.77. The molecular weight excluding hydrogens is 380 g/mol. The van der Waals surface area contributed by atoms with Gasteiger partial charge in [-0.25, -0.2) is 0 Å². The summed E-state index contributed by atoms with van der Waals surface area (Å²) in [6.07, 6.45) is 0.403. The van der Waals surface area contributed by atoms with Gasteiger partial charge in [-0.2, -0.15) is 0 Å². The molecule has 1 aromatic carbocycles. The van der Waals surface area contributed by atoms with E-state index >= 15 is 0 Å². The maximum absolute atomic E-state index is 12.5. The highest BCUT2D eigenvalue weighted by Crippen LogP contribution is 2.35. The van der Waals surface area contributed by atoms with Crippen molar-refractivity contribution >= 4 is 45.3 Å². The van der Waals surface area contributed by atoms with Crippen molar-refractivity contribution in [3.8, 4) is 0 Å². The van der Waals surface area contributed by atoms with Crippen molar-refractivity contribution in [3.63, 3.8) is 0 Å². The molecule has 3 heterocycles. The Morgan fingerprint density at radius 2 is 2.00 bits per heavy atom. The zero-order chi connectivity index (χ0) is 19.0. The number of carbonyl (C=O) groups excluding carboxylic acids is 2. The van der Waals surface area contributed by atoms with E-state index in [1.165, 1.54) is 22.7 Å². The maximum Gasteiger partial charge on any atom is 0.267 e. The lowest BCUT2D eigenvalue weighted by atomic mass is 10.1. The van der Waals surface area contributed by atoms with Gasteiger partial charge in [0.1, 0.15) is 5.01 Å². The molecule has 8 heteroatoms. The molecule has 0 spiro atoms. The first-order valence-corrected chi connectivity index (χ1v) is 10.3. The summed E-state index contributed by atoms with van der Waals surface area (Å²) in [5, 5.41) is 14.1. The maximum atomic E-state index is 12.5. The minimum absolute atomic E-state index is 0.0109. The van der Waals surface area contributed by atoms with Crippen LogP contribution in [-0.4, -0.2) is 28.6 Å². The van der Waals surface area contributed by atoms with Gasteiger partial charge in [-0.3, -0.25) is 14.9 Å². The lowest BCUT2D eigenvalue weighted by Gasteiger charge is -2.17. The Morgan fingerprint density at radius 1 is 1.22 bits per heavy atom. The van der Waals surface area contributed by atoms with E-state index in [2.05, 4.69) is 21.6 Å². The molecule has 2 aromatic heterocycles. The number of nitrogens with zero attached hydrogens (tertiary/aromatic N) is 3. The number of aromatic nitrogens is 2. The van der Waals surface area contributed by atoms with Gasteiger partial charge in [-0.05, 0) is 48.6 Å². The number of thiophene rings is 1. The normalized spacial score (nSPS) is 16.7. The van der Waals surface area contributed by atoms with Crippen molar-refractivity contribution in [1.29, 1.82) is 0 Å². The predicted molar refractivity (Wildman–Crippen MR) is 108 cm³/mol. The Morgan fingerprint density at radius 3 is 2.70 bits per heavy atom. The number of benzene rings is 1. The highest BCUT2D eigenvalue weighted by Gasteiger charge is 2.34. The molecule has 1 atom stereocenters. The number of carbonyl (C=O) groups is 2. The van der Waals surface area contributed by atoms with E-state index in [-0.39, 0.29) is 17.7 Å². The van der Waals surface area contributed by atoms with Crippen LogP contribution in [0.25, 0.3) is 0 Å². The van der Waals surface area contributed by atoms with E-state index in [0.717, 1.165) is 21.8 Å². The third-order valence-electron chi connectivity index (χ3n) is 4.40. The van der Waals surface area contributed by atoms with Crippen LogP contribution in [0.1, 0.15) is 38.1 Å². The van der Waals surface area contributed by atoms with Crippen molar-refractivity contribution in [2.45, 2.75) is 26.2 Å². The van der Waals surface area contributed by atoms with E-state index in [4.69, 9.17) is 0 Å². The number of nitrogens with one attached hydrogen (secondary N) is 1. The van der Waals surface area contributed by atoms with E-state index in [1.54, 1.807) is 6.07 Å². The number of aryl methyl sites for hydroxylation is 2. The highest BCUT2D eigenvalue weighted by atomic mass is 32.1. The molecule has 1 N–H and O–H groups in total. The average Bonchev–Trinajstić information content (AvgIpc) is 3.34. The topological polar surface area (TPSA) is 75.2 Å². The summed E-state index contributed by atoms with van der Waals surface area (Å²) in [7, 11) is 0. The predicted octanol–water partition coefficient (Wildman–Crippen LogP) is 3.99. The summed E-state index contributed by atoms with van der Waals surface area (Å²) in [6.45, 7) is 4.64. The largest absolute Gasteiger partial charge is 0.312 e. The fourth-order valence-corrected chi connectivity index (χ4v) is 4.69. The van der Waals surface area contributed by atoms with E-state index in [9.17, 15) is 9.59 Å². The number of anilines is 2. The smallest absolute Gasteiger partial charge is 0.267 e. The van der Waals surface area contributed by atoms with Gasteiger partial charge in [-0.1, -0.05) is 23.5 Å². The van der Waals surface area contributed by atoms with Crippen LogP contribution in [0.5, 0.6) is 0 Å². The summed E-state index contributed by atoms with van der Waals surface area (Å²) in [4.78, 5) is 27.1. The Kier molecular flexibility index (Phi) is 4.75. The van der Waals surface area contributed by atoms with Crippen LogP contribution in [-0.2, 0) is 4.79 Å². The second-order valence-corrected chi connectivity index (χ2v) is 8.58. The van der Waals surface area contributed by atoms with E-state index in [0.29, 0.717) is 23.0 Å². The average molecular weight is 399 g/mol. The van der Waals surface area contributed by atoms with Gasteiger partial charge in [0.05, 0.1) is 4.88 Å². The second kappa shape index (κ2) is 7.21. The van der Waals surface area contributed by atoms with Crippen molar-refractivity contribution < 1.29 is 9.59 Å². The zero-order valence-electron chi connectivity index (χ0n) is 14.9. The van der Waals surface area contributed by atoms with Crippen molar-refractivity contribution in [3.05, 3.63) is 56.7 Å². The Hall–Kier alpha value is -2.58. The molecule has 1 aliphatic rings. The van der Waals surface area contributed by atoms with Crippen LogP contribution in [0.2, 0.25) is 0 Å². The molecule has 4 rings (SSSR count). The minimum atomic E-state index is -0.188. The Balaban J connectivity index is 1.48. The molecule has 27 heavy (non-hydrogen) atoms. The molecule has 0 aliphatic carbocycles. The van der Waals surface area contributed by atoms with Crippen LogP contribution in [0.15, 0.2) is 35.7 Å². The van der Waals surface area contributed by atoms with Crippen molar-refractivity contribution in [2.75, 3.05) is 16.8 Å². The summed E-state index contributed by atoms with van der Waals surface area (Å²) in [5.41, 5.74) is 3.20. The molecular formula is C19H18N4O2S2. The minimum Gasteiger partial charge on any atom is -0.312 e. The van der Waals surface area contributed by atoms with Crippen LogP contribution < -0.4 is 10.2 Å². The number of rotatable bonds is 4. The van der Waals surface area contributed by atoms with Crippen LogP contribution in [0, 0.1) is 13.8 Å². The van der Waals surface area contributed by atoms with E-state index in [1.807, 2.05) is 42.3 Å². The molecule has 138 valence electrons. The zero-order valence-corrected chi connectivity index (χ0v) is 16.6. The monoisotopic (exact) mass is 398 g/mol. The first-order valence-electron chi connectivity index (χ1n) is 8.56. The second-order valence-electron chi connectivity index (χ2n) is 6.63. The molecule has 1 fully saturated rings. The van der Waals surface area contributed by atoms with Gasteiger partial charge in [0.2, 0.25) is 11.0 Å². The Bertz CT molecular complexity index is 977. The lowest BCUT2D eigenvalue weighted by Crippen LogP contribution is -2.24. The molecule has 1 unspecified atom stereocenters. The van der Waals surface area contributed by atoms with Crippen LogP contribution in [0.4, 0.5) is 10.8 Å². The number of hydrogen-bond donors (Lipinski definition) is 1. The third-order valence-corrected chi connectivity index (χ3v) is 6.27. The van der Waals surface area contributed by atoms with Gasteiger partial charge in [0.15, 0.2) is 0 Å². The van der Waals surface area contributed by atoms with Gasteiger partial charge in [0, 0.05) is 24.6 Å². The summed E-state index contributed by atoms with van der Waals surface area (Å²) in [5.74, 6) is -0.111. The van der Waals surface area contributed by atoms with Gasteiger partial charge < -0.3 is 4.90 Å². The SMILES string of the molecule is Cc1cc(C)cc(N2CC(c3nnc(NC(=O)c4cccs4)s3)CC2=O)c1. The summed E-state index contributed by atoms with van der Waals surface area (Å²) < 4.78 is 0. The molecule has 1 aliphatic heterocycles. The van der Waals surface area contributed by atoms with Crippen molar-refractivity contribution in [2.24, 2.45) is 0 Å². The van der Waals surface area contributed by atoms with Gasteiger partial charge in [-0.15, -0.1) is 21.5 Å².